The van der Waals surface area contributed by atoms with Gasteiger partial charge >= 0.3 is 0 Å². The largest absolute Gasteiger partial charge is 0.404 e. The number of para-hydroxylation sites is 1. The van der Waals surface area contributed by atoms with E-state index in [9.17, 15) is 0 Å². The Labute approximate surface area is 270 Å². The number of aromatic nitrogens is 1. The molecule has 224 valence electrons. The lowest BCUT2D eigenvalue weighted by atomic mass is 9.97. The van der Waals surface area contributed by atoms with Gasteiger partial charge in [-0.3, -0.25) is 0 Å². The highest BCUT2D eigenvalue weighted by Crippen LogP contribution is 2.39. The Morgan fingerprint density at radius 2 is 1.54 bits per heavy atom. The van der Waals surface area contributed by atoms with Gasteiger partial charge in [-0.25, -0.2) is 0 Å². The van der Waals surface area contributed by atoms with Gasteiger partial charge in [0, 0.05) is 34.6 Å². The fourth-order valence-electron chi connectivity index (χ4n) is 6.58. The Morgan fingerprint density at radius 3 is 2.26 bits per heavy atom. The molecule has 0 unspecified atom stereocenters. The molecule has 0 atom stereocenters. The number of hydrogen-bond acceptors (Lipinski definition) is 2. The van der Waals surface area contributed by atoms with Gasteiger partial charge in [0.2, 0.25) is 0 Å². The smallest absolute Gasteiger partial charge is 0.0619 e. The van der Waals surface area contributed by atoms with Crippen molar-refractivity contribution in [2.75, 3.05) is 6.54 Å². The maximum Gasteiger partial charge on any atom is 0.0619 e. The molecule has 7 rings (SSSR count). The first-order valence-corrected chi connectivity index (χ1v) is 15.8. The molecule has 46 heavy (non-hydrogen) atoms. The highest BCUT2D eigenvalue weighted by atomic mass is 15.0. The van der Waals surface area contributed by atoms with Gasteiger partial charge in [0.1, 0.15) is 0 Å². The first kappa shape index (κ1) is 28.9. The second-order valence-electron chi connectivity index (χ2n) is 11.7. The normalized spacial score (nSPS) is 14.1. The van der Waals surface area contributed by atoms with Crippen molar-refractivity contribution in [3.8, 4) is 16.8 Å². The maximum absolute atomic E-state index is 6.09. The quantitative estimate of drug-likeness (QED) is 0.180. The summed E-state index contributed by atoms with van der Waals surface area (Å²) in [5.74, 6) is 0. The molecule has 1 aromatic heterocycles. The van der Waals surface area contributed by atoms with Gasteiger partial charge in [0.15, 0.2) is 0 Å². The van der Waals surface area contributed by atoms with E-state index >= 15 is 0 Å². The van der Waals surface area contributed by atoms with Crippen molar-refractivity contribution < 1.29 is 0 Å². The first-order chi connectivity index (χ1) is 22.6. The summed E-state index contributed by atoms with van der Waals surface area (Å²) in [6.07, 6.45) is 14.1. The van der Waals surface area contributed by atoms with E-state index < -0.39 is 0 Å². The van der Waals surface area contributed by atoms with E-state index in [2.05, 4.69) is 151 Å². The lowest BCUT2D eigenvalue weighted by Crippen LogP contribution is -2.09. The Bertz CT molecular complexity index is 2270. The molecule has 6 aromatic rings. The highest BCUT2D eigenvalue weighted by molar-refractivity contribution is 6.19. The van der Waals surface area contributed by atoms with Crippen molar-refractivity contribution in [1.82, 2.24) is 9.88 Å². The SMILES string of the molecule is C=C/C(=C\C)c1ccc(-c2ccc3c(ccc4c5ccc(/C(C)=C/C(=C\N)C6=CCNC=C6)cc5n(-c5ccccc5)c34)c2)cc1. The molecular formula is C43H37N3. The topological polar surface area (TPSA) is 43.0 Å². The molecule has 1 aliphatic heterocycles. The van der Waals surface area contributed by atoms with Gasteiger partial charge < -0.3 is 15.6 Å². The fourth-order valence-corrected chi connectivity index (χ4v) is 6.58. The van der Waals surface area contributed by atoms with E-state index in [4.69, 9.17) is 5.73 Å². The fraction of sp³-hybridized carbons (Fsp3) is 0.0698. The zero-order valence-electron chi connectivity index (χ0n) is 26.3. The highest BCUT2D eigenvalue weighted by Gasteiger charge is 2.17. The van der Waals surface area contributed by atoms with Crippen LogP contribution in [0.5, 0.6) is 0 Å². The van der Waals surface area contributed by atoms with Crippen LogP contribution in [0.15, 0.2) is 164 Å². The minimum absolute atomic E-state index is 0.800. The van der Waals surface area contributed by atoms with E-state index in [1.54, 1.807) is 6.20 Å². The molecule has 3 nitrogen and oxygen atoms in total. The van der Waals surface area contributed by atoms with Gasteiger partial charge in [-0.15, -0.1) is 0 Å². The molecule has 0 bridgehead atoms. The molecule has 0 saturated heterocycles. The van der Waals surface area contributed by atoms with Crippen molar-refractivity contribution in [2.24, 2.45) is 5.73 Å². The Morgan fingerprint density at radius 1 is 0.804 bits per heavy atom. The standard InChI is InChI=1S/C43H37N3/c1-4-30(5-2)31-11-13-32(14-12-31)35-16-18-39-36(26-35)17-20-41-40-19-15-34(29(3)25-37(28-44)33-21-23-45-24-22-33)27-42(40)46(43(39)41)38-9-7-6-8-10-38/h4-23,25-28,45H,1,24,44H2,2-3H3/b29-25+,30-5+,37-28+. The number of rotatable bonds is 7. The molecule has 0 spiro atoms. The molecule has 3 N–H and O–H groups in total. The maximum atomic E-state index is 6.09. The Balaban J connectivity index is 1.38. The predicted octanol–water partition coefficient (Wildman–Crippen LogP) is 10.5. The molecule has 5 aromatic carbocycles. The first-order valence-electron chi connectivity index (χ1n) is 15.8. The van der Waals surface area contributed by atoms with Crippen molar-refractivity contribution >= 4 is 43.7 Å². The minimum atomic E-state index is 0.800. The number of nitrogens with one attached hydrogen (secondary N) is 1. The molecule has 0 amide bonds. The predicted molar refractivity (Wildman–Crippen MR) is 199 cm³/mol. The summed E-state index contributed by atoms with van der Waals surface area (Å²) in [6, 6.07) is 37.6. The van der Waals surface area contributed by atoms with Crippen LogP contribution in [0.4, 0.5) is 0 Å². The summed E-state index contributed by atoms with van der Waals surface area (Å²) in [7, 11) is 0. The van der Waals surface area contributed by atoms with E-state index in [1.165, 1.54) is 49.3 Å². The third-order valence-electron chi connectivity index (χ3n) is 9.00. The van der Waals surface area contributed by atoms with Crippen LogP contribution in [-0.2, 0) is 0 Å². The van der Waals surface area contributed by atoms with Crippen LogP contribution in [-0.4, -0.2) is 11.1 Å². The molecule has 0 radical (unpaired) electrons. The van der Waals surface area contributed by atoms with Gasteiger partial charge in [0.25, 0.3) is 0 Å². The lowest BCUT2D eigenvalue weighted by molar-refractivity contribution is 0.961. The summed E-state index contributed by atoms with van der Waals surface area (Å²) < 4.78 is 2.42. The van der Waals surface area contributed by atoms with Crippen molar-refractivity contribution in [2.45, 2.75) is 13.8 Å². The zero-order chi connectivity index (χ0) is 31.6. The number of hydrogen-bond donors (Lipinski definition) is 2. The lowest BCUT2D eigenvalue weighted by Gasteiger charge is -2.12. The minimum Gasteiger partial charge on any atom is -0.404 e. The average Bonchev–Trinajstić information content (AvgIpc) is 3.46. The molecule has 2 heterocycles. The summed E-state index contributed by atoms with van der Waals surface area (Å²) in [4.78, 5) is 0. The summed E-state index contributed by atoms with van der Waals surface area (Å²) >= 11 is 0. The number of fused-ring (bicyclic) bond motifs is 5. The second kappa shape index (κ2) is 12.3. The van der Waals surface area contributed by atoms with Crippen LogP contribution >= 0.6 is 0 Å². The van der Waals surface area contributed by atoms with Gasteiger partial charge in [0.05, 0.1) is 11.0 Å². The van der Waals surface area contributed by atoms with Crippen molar-refractivity contribution in [3.63, 3.8) is 0 Å². The monoisotopic (exact) mass is 595 g/mol. The van der Waals surface area contributed by atoms with Crippen LogP contribution in [0, 0.1) is 0 Å². The summed E-state index contributed by atoms with van der Waals surface area (Å²) in [5, 5.41) is 8.13. The van der Waals surface area contributed by atoms with Crippen molar-refractivity contribution in [3.05, 3.63) is 175 Å². The van der Waals surface area contributed by atoms with Crippen LogP contribution in [0.1, 0.15) is 25.0 Å². The van der Waals surface area contributed by atoms with Gasteiger partial charge in [-0.05, 0) is 106 Å². The zero-order valence-corrected chi connectivity index (χ0v) is 26.3. The molecule has 1 aliphatic rings. The Kier molecular flexibility index (Phi) is 7.74. The third-order valence-corrected chi connectivity index (χ3v) is 9.00. The third kappa shape index (κ3) is 5.16. The Hall–Kier alpha value is -5.80. The van der Waals surface area contributed by atoms with E-state index in [1.807, 2.05) is 19.2 Å². The molecule has 0 aliphatic carbocycles. The van der Waals surface area contributed by atoms with E-state index in [0.29, 0.717) is 0 Å². The number of benzene rings is 5. The number of allylic oxidation sites excluding steroid dienone is 8. The average molecular weight is 596 g/mol. The van der Waals surface area contributed by atoms with Crippen LogP contribution in [0.3, 0.4) is 0 Å². The van der Waals surface area contributed by atoms with Crippen molar-refractivity contribution in [1.29, 1.82) is 0 Å². The molecule has 3 heteroatoms. The van der Waals surface area contributed by atoms with Gasteiger partial charge in [-0.1, -0.05) is 104 Å². The second-order valence-corrected chi connectivity index (χ2v) is 11.7. The van der Waals surface area contributed by atoms with E-state index in [-0.39, 0.29) is 0 Å². The number of nitrogens with zero attached hydrogens (tertiary/aromatic N) is 1. The summed E-state index contributed by atoms with van der Waals surface area (Å²) in [5.41, 5.74) is 18.8. The molecule has 0 fully saturated rings. The van der Waals surface area contributed by atoms with Gasteiger partial charge in [-0.2, -0.15) is 0 Å². The number of dihydropyridines is 1. The molecule has 0 saturated carbocycles. The molecular weight excluding hydrogens is 558 g/mol. The summed E-state index contributed by atoms with van der Waals surface area (Å²) in [6.45, 7) is 8.96. The van der Waals surface area contributed by atoms with Crippen LogP contribution < -0.4 is 11.1 Å². The number of nitrogens with two attached hydrogens (primary N) is 1. The van der Waals surface area contributed by atoms with Crippen LogP contribution in [0.25, 0.3) is 60.5 Å². The van der Waals surface area contributed by atoms with Crippen LogP contribution in [0.2, 0.25) is 0 Å². The van der Waals surface area contributed by atoms with E-state index in [0.717, 1.165) is 40.1 Å².